The zero-order valence-corrected chi connectivity index (χ0v) is 66.4. The van der Waals surface area contributed by atoms with Crippen LogP contribution in [0.1, 0.15) is 52.8 Å². The third-order valence-corrected chi connectivity index (χ3v) is 20.0. The van der Waals surface area contributed by atoms with Crippen LogP contribution in [0.15, 0.2) is 262 Å². The third kappa shape index (κ3) is 21.3. The summed E-state index contributed by atoms with van der Waals surface area (Å²) in [7, 11) is 1.93. The number of anilines is 7. The molecule has 3 saturated heterocycles. The predicted octanol–water partition coefficient (Wildman–Crippen LogP) is 15.4. The summed E-state index contributed by atoms with van der Waals surface area (Å²) in [5.41, 5.74) is 13.8. The van der Waals surface area contributed by atoms with E-state index >= 15 is 0 Å². The third-order valence-electron chi connectivity index (χ3n) is 18.7. The molecule has 0 atom stereocenters. The summed E-state index contributed by atoms with van der Waals surface area (Å²) in [6.07, 6.45) is 9.83. The van der Waals surface area contributed by atoms with Crippen LogP contribution in [0.25, 0.3) is 50.8 Å². The molecule has 16 rings (SSSR count). The normalized spacial score (nSPS) is 13.3. The fraction of sp³-hybridized carbons (Fsp3) is 0.136. The number of aromatic nitrogens is 8. The molecule has 7 amide bonds. The molecule has 7 aromatic heterocycles. The molecule has 3 fully saturated rings. The van der Waals surface area contributed by atoms with Crippen LogP contribution in [-0.2, 0) is 14.4 Å². The molecule has 29 heteroatoms. The van der Waals surface area contributed by atoms with E-state index in [4.69, 9.17) is 46.4 Å². The summed E-state index contributed by atoms with van der Waals surface area (Å²) in [6.45, 7) is 8.98. The van der Waals surface area contributed by atoms with Gasteiger partial charge in [0, 0.05) is 150 Å². The van der Waals surface area contributed by atoms with Crippen molar-refractivity contribution in [3.05, 3.63) is 315 Å². The molecule has 3 aliphatic heterocycles. The molecule has 0 spiro atoms. The van der Waals surface area contributed by atoms with Crippen molar-refractivity contribution in [1.29, 1.82) is 0 Å². The Hall–Kier alpha value is -13.4. The van der Waals surface area contributed by atoms with Crippen LogP contribution in [0.4, 0.5) is 39.9 Å². The lowest BCUT2D eigenvalue weighted by Gasteiger charge is -2.32. The molecule has 117 heavy (non-hydrogen) atoms. The van der Waals surface area contributed by atoms with Gasteiger partial charge in [0.2, 0.25) is 17.7 Å². The second kappa shape index (κ2) is 38.6. The smallest absolute Gasteiger partial charge is 0.257 e. The fourth-order valence-corrected chi connectivity index (χ4v) is 13.5. The number of nitrogens with one attached hydrogen (secondary N) is 6. The lowest BCUT2D eigenvalue weighted by Crippen LogP contribution is -2.48. The van der Waals surface area contributed by atoms with Crippen molar-refractivity contribution in [3.8, 4) is 50.8 Å². The summed E-state index contributed by atoms with van der Waals surface area (Å²) in [4.78, 5) is 120. The van der Waals surface area contributed by atoms with Gasteiger partial charge in [-0.1, -0.05) is 70.7 Å². The van der Waals surface area contributed by atoms with Gasteiger partial charge in [-0.2, -0.15) is 5.10 Å². The van der Waals surface area contributed by atoms with Crippen LogP contribution >= 0.6 is 46.4 Å². The molecule has 0 aliphatic carbocycles. The number of hydrogen-bond acceptors (Lipinski definition) is 17. The molecule has 588 valence electrons. The number of pyridine rings is 6. The molecule has 0 radical (unpaired) electrons. The Morgan fingerprint density at radius 3 is 1.14 bits per heavy atom. The number of nitrogens with zero attached hydrogens (tertiary/aromatic N) is 12. The van der Waals surface area contributed by atoms with Gasteiger partial charge in [0.25, 0.3) is 23.6 Å². The number of likely N-dealkylation sites (N-methyl/N-ethyl adjacent to an activating group) is 1. The molecule has 13 aromatic rings. The summed E-state index contributed by atoms with van der Waals surface area (Å²) >= 11 is 25.2. The van der Waals surface area contributed by atoms with E-state index in [2.05, 4.69) is 66.9 Å². The second-order valence-electron chi connectivity index (χ2n) is 27.0. The molecule has 6 aromatic carbocycles. The van der Waals surface area contributed by atoms with Gasteiger partial charge < -0.3 is 46.6 Å². The summed E-state index contributed by atoms with van der Waals surface area (Å²) in [6, 6.07) is 66.5. The van der Waals surface area contributed by atoms with Crippen molar-refractivity contribution in [3.63, 3.8) is 0 Å². The number of amides is 7. The first-order valence-electron chi connectivity index (χ1n) is 37.0. The number of rotatable bonds is 16. The van der Waals surface area contributed by atoms with Gasteiger partial charge >= 0.3 is 0 Å². The standard InChI is InChI=1S/C23H21ClN4O2.C22H18ClN5O.C22H19ClN4O2.C21H18ClN5O2/c1-27-12-13-28(22(29)15-27)18-8-5-16(6-9-18)23(30)26-17-7-10-20(24)19(14-17)21-4-2-3-11-25-21;1-14-11-15(2)28(27-14)21-9-6-16(13-25-21)22(29)26-17-7-8-19(23)18(12-17)20-5-3-4-10-24-20;23-19-9-6-16(13-18(19)20-3-1-2-10-25-20)26-22(29)15-4-7-17(8-5-15)27-12-11-24-14-21(27)28;22-17-6-5-15(11-16(17)18-3-1-2-8-23-18)26-21(29)14-4-7-19(25-12-14)27-10-9-24-20(28)13-27/h2-11,14H,12-13,15H2,1H3,(H,26,30);3-13H,1-2H3,(H,26,29);1-10,13,24H,11-12,14H2,(H,26,29);1-8,11-12H,9-10,13H2,(H,24,28)(H,26,29). The Labute approximate surface area is 694 Å². The Morgan fingerprint density at radius 2 is 0.786 bits per heavy atom. The van der Waals surface area contributed by atoms with Gasteiger partial charge in [0.1, 0.15) is 5.82 Å². The summed E-state index contributed by atoms with van der Waals surface area (Å²) < 4.78 is 1.75. The fourth-order valence-electron chi connectivity index (χ4n) is 12.7. The van der Waals surface area contributed by atoms with Crippen LogP contribution in [0.5, 0.6) is 0 Å². The minimum Gasteiger partial charge on any atom is -0.353 e. The van der Waals surface area contributed by atoms with E-state index in [1.165, 1.54) is 12.4 Å². The summed E-state index contributed by atoms with van der Waals surface area (Å²) in [5.74, 6) is 0.364. The molecule has 3 aliphatic rings. The number of benzene rings is 6. The highest BCUT2D eigenvalue weighted by atomic mass is 35.5. The first-order chi connectivity index (χ1) is 56.7. The predicted molar refractivity (Wildman–Crippen MR) is 459 cm³/mol. The number of piperazine rings is 3. The minimum absolute atomic E-state index is 0.0247. The number of carbonyl (C=O) groups excluding carboxylic acids is 7. The Morgan fingerprint density at radius 1 is 0.393 bits per heavy atom. The van der Waals surface area contributed by atoms with E-state index in [-0.39, 0.29) is 47.9 Å². The maximum absolute atomic E-state index is 12.7. The molecular weight excluding hydrogens is 1560 g/mol. The van der Waals surface area contributed by atoms with E-state index in [0.29, 0.717) is 116 Å². The molecule has 0 saturated carbocycles. The van der Waals surface area contributed by atoms with Gasteiger partial charge in [-0.05, 0) is 221 Å². The van der Waals surface area contributed by atoms with Gasteiger partial charge in [-0.3, -0.25) is 58.4 Å². The molecule has 0 bridgehead atoms. The minimum atomic E-state index is -0.283. The highest BCUT2D eigenvalue weighted by molar-refractivity contribution is 6.35. The lowest BCUT2D eigenvalue weighted by molar-refractivity contribution is -0.121. The first kappa shape index (κ1) is 81.6. The van der Waals surface area contributed by atoms with Crippen molar-refractivity contribution in [1.82, 2.24) is 55.2 Å². The molecule has 0 unspecified atom stereocenters. The second-order valence-corrected chi connectivity index (χ2v) is 28.6. The van der Waals surface area contributed by atoms with Gasteiger partial charge in [0.05, 0.1) is 79.3 Å². The Balaban J connectivity index is 0.000000135. The van der Waals surface area contributed by atoms with Crippen LogP contribution in [0.2, 0.25) is 20.1 Å². The Bertz CT molecular complexity index is 5730. The zero-order chi connectivity index (χ0) is 81.9. The largest absolute Gasteiger partial charge is 0.353 e. The van der Waals surface area contributed by atoms with Crippen molar-refractivity contribution in [2.45, 2.75) is 13.8 Å². The highest BCUT2D eigenvalue weighted by Gasteiger charge is 2.25. The van der Waals surface area contributed by atoms with Gasteiger partial charge in [-0.15, -0.1) is 0 Å². The lowest BCUT2D eigenvalue weighted by atomic mass is 10.1. The number of carbonyl (C=O) groups is 7. The van der Waals surface area contributed by atoms with Crippen LogP contribution in [-0.4, -0.2) is 152 Å². The molecule has 10 heterocycles. The number of hydrogen-bond donors (Lipinski definition) is 6. The quantitative estimate of drug-likeness (QED) is 0.0524. The van der Waals surface area contributed by atoms with Gasteiger partial charge in [0.15, 0.2) is 5.82 Å². The number of halogens is 4. The van der Waals surface area contributed by atoms with E-state index < -0.39 is 0 Å². The SMILES string of the molecule is CN1CCN(c2ccc(C(=O)Nc3ccc(Cl)c(-c4ccccn4)c3)cc2)C(=O)C1.Cc1cc(C)n(-c2ccc(C(=O)Nc3ccc(Cl)c(-c4ccccn4)c3)cn2)n1.O=C(Nc1ccc(Cl)c(-c2ccccn2)c1)c1ccc(N2CCNCC2=O)cc1.O=C1CN(c2ccc(C(=O)Nc3ccc(Cl)c(-c4ccccn4)c3)cn2)CCN1. The van der Waals surface area contributed by atoms with Gasteiger partial charge in [-0.25, -0.2) is 14.6 Å². The first-order valence-corrected chi connectivity index (χ1v) is 38.5. The maximum Gasteiger partial charge on any atom is 0.257 e. The monoisotopic (exact) mass is 1640 g/mol. The van der Waals surface area contributed by atoms with E-state index in [1.54, 1.807) is 185 Å². The Kier molecular flexibility index (Phi) is 26.9. The van der Waals surface area contributed by atoms with E-state index in [9.17, 15) is 33.6 Å². The van der Waals surface area contributed by atoms with Crippen LogP contribution < -0.4 is 46.6 Å². The van der Waals surface area contributed by atoms with Crippen molar-refractivity contribution < 1.29 is 33.6 Å². The molecule has 6 N–H and O–H groups in total. The van der Waals surface area contributed by atoms with Crippen LogP contribution in [0.3, 0.4) is 0 Å². The maximum atomic E-state index is 12.7. The average Bonchev–Trinajstić information content (AvgIpc) is 1.82. The average molecular weight is 1640 g/mol. The van der Waals surface area contributed by atoms with Crippen molar-refractivity contribution in [2.24, 2.45) is 0 Å². The van der Waals surface area contributed by atoms with Crippen molar-refractivity contribution in [2.75, 3.05) is 102 Å². The molecule has 25 nitrogen and oxygen atoms in total. The number of aryl methyl sites for hydroxylation is 2. The van der Waals surface area contributed by atoms with Crippen LogP contribution in [0, 0.1) is 13.8 Å². The summed E-state index contributed by atoms with van der Waals surface area (Å²) in [5, 5.41) is 24.0. The zero-order valence-electron chi connectivity index (χ0n) is 63.4. The van der Waals surface area contributed by atoms with E-state index in [0.717, 1.165) is 80.9 Å². The van der Waals surface area contributed by atoms with Crippen molar-refractivity contribution >= 4 is 128 Å². The molecular formula is C88H76Cl4N18O7. The van der Waals surface area contributed by atoms with E-state index in [1.807, 2.05) is 110 Å². The topological polar surface area (TPSA) is 300 Å². The highest BCUT2D eigenvalue weighted by Crippen LogP contribution is 2.34.